The molecule has 1 aromatic heterocycles. The van der Waals surface area contributed by atoms with Crippen LogP contribution in [0.3, 0.4) is 0 Å². The van der Waals surface area contributed by atoms with Crippen molar-refractivity contribution in [2.45, 2.75) is 12.2 Å². The molecule has 9 heteroatoms. The standard InChI is InChI=1S/C9H7ClF3NO4/c1-17-7-4(2-10)14-3-5(6(7)8(15)16)18-9(11,12)13/h3H,2H2,1H3,(H,15,16). The Kier molecular flexibility index (Phi) is 4.23. The van der Waals surface area contributed by atoms with E-state index in [2.05, 4.69) is 9.72 Å². The lowest BCUT2D eigenvalue weighted by molar-refractivity contribution is -0.274. The predicted molar refractivity (Wildman–Crippen MR) is 54.0 cm³/mol. The highest BCUT2D eigenvalue weighted by Gasteiger charge is 2.35. The Hall–Kier alpha value is -1.70. The largest absolute Gasteiger partial charge is 0.573 e. The molecule has 0 bridgehead atoms. The van der Waals surface area contributed by atoms with Crippen LogP contribution in [-0.2, 0) is 5.88 Å². The minimum atomic E-state index is -5.03. The molecule has 5 nitrogen and oxygen atoms in total. The second kappa shape index (κ2) is 5.30. The lowest BCUT2D eigenvalue weighted by atomic mass is 10.2. The zero-order chi connectivity index (χ0) is 13.9. The number of carbonyl (C=O) groups is 1. The first-order chi connectivity index (χ1) is 8.30. The van der Waals surface area contributed by atoms with Gasteiger partial charge in [0.2, 0.25) is 0 Å². The van der Waals surface area contributed by atoms with Gasteiger partial charge in [-0.3, -0.25) is 4.98 Å². The molecular weight excluding hydrogens is 279 g/mol. The first-order valence-corrected chi connectivity index (χ1v) is 4.94. The number of methoxy groups -OCH3 is 1. The molecule has 1 heterocycles. The van der Waals surface area contributed by atoms with Crippen molar-refractivity contribution in [1.29, 1.82) is 0 Å². The van der Waals surface area contributed by atoms with Gasteiger partial charge in [0.25, 0.3) is 0 Å². The van der Waals surface area contributed by atoms with Crippen LogP contribution < -0.4 is 9.47 Å². The van der Waals surface area contributed by atoms with E-state index in [-0.39, 0.29) is 17.3 Å². The van der Waals surface area contributed by atoms with Gasteiger partial charge in [-0.05, 0) is 0 Å². The number of ether oxygens (including phenoxy) is 2. The molecule has 1 aromatic rings. The van der Waals surface area contributed by atoms with Crippen molar-refractivity contribution in [3.63, 3.8) is 0 Å². The SMILES string of the molecule is COc1c(CCl)ncc(OC(F)(F)F)c1C(=O)O. The average molecular weight is 286 g/mol. The molecular formula is C9H7ClF3NO4. The molecule has 18 heavy (non-hydrogen) atoms. The van der Waals surface area contributed by atoms with E-state index in [4.69, 9.17) is 21.4 Å². The van der Waals surface area contributed by atoms with Crippen LogP contribution in [0.2, 0.25) is 0 Å². The van der Waals surface area contributed by atoms with E-state index in [1.165, 1.54) is 0 Å². The summed E-state index contributed by atoms with van der Waals surface area (Å²) in [6.07, 6.45) is -4.39. The summed E-state index contributed by atoms with van der Waals surface area (Å²) in [7, 11) is 1.09. The fourth-order valence-electron chi connectivity index (χ4n) is 1.24. The molecule has 0 saturated carbocycles. The summed E-state index contributed by atoms with van der Waals surface area (Å²) in [4.78, 5) is 14.5. The lowest BCUT2D eigenvalue weighted by Crippen LogP contribution is -2.20. The highest BCUT2D eigenvalue weighted by atomic mass is 35.5. The van der Waals surface area contributed by atoms with Gasteiger partial charge in [-0.25, -0.2) is 4.79 Å². The molecule has 0 aliphatic carbocycles. The van der Waals surface area contributed by atoms with Crippen LogP contribution in [0.1, 0.15) is 16.1 Å². The smallest absolute Gasteiger partial charge is 0.494 e. The number of carboxylic acid groups (broad SMARTS) is 1. The Morgan fingerprint density at radius 1 is 1.56 bits per heavy atom. The van der Waals surface area contributed by atoms with E-state index in [9.17, 15) is 18.0 Å². The van der Waals surface area contributed by atoms with E-state index in [0.717, 1.165) is 7.11 Å². The van der Waals surface area contributed by atoms with Gasteiger partial charge >= 0.3 is 12.3 Å². The van der Waals surface area contributed by atoms with E-state index in [1.807, 2.05) is 0 Å². The Bertz CT molecular complexity index is 464. The van der Waals surface area contributed by atoms with Crippen molar-refractivity contribution in [3.05, 3.63) is 17.5 Å². The van der Waals surface area contributed by atoms with Crippen LogP contribution in [0.25, 0.3) is 0 Å². The topological polar surface area (TPSA) is 68.7 Å². The van der Waals surface area contributed by atoms with E-state index < -0.39 is 23.6 Å². The zero-order valence-electron chi connectivity index (χ0n) is 8.92. The number of carboxylic acids is 1. The Balaban J connectivity index is 3.39. The Morgan fingerprint density at radius 2 is 2.17 bits per heavy atom. The molecule has 1 rings (SSSR count). The summed E-state index contributed by atoms with van der Waals surface area (Å²) in [5.41, 5.74) is -0.772. The van der Waals surface area contributed by atoms with Crippen molar-refractivity contribution in [2.75, 3.05) is 7.11 Å². The third-order valence-corrected chi connectivity index (χ3v) is 2.10. The second-order valence-electron chi connectivity index (χ2n) is 2.96. The molecule has 1 N–H and O–H groups in total. The molecule has 0 aliphatic rings. The van der Waals surface area contributed by atoms with Crippen LogP contribution in [0.5, 0.6) is 11.5 Å². The van der Waals surface area contributed by atoms with E-state index in [0.29, 0.717) is 6.20 Å². The fourth-order valence-corrected chi connectivity index (χ4v) is 1.43. The van der Waals surface area contributed by atoms with Crippen molar-refractivity contribution in [2.24, 2.45) is 0 Å². The first-order valence-electron chi connectivity index (χ1n) is 4.41. The molecule has 0 radical (unpaired) electrons. The van der Waals surface area contributed by atoms with Crippen LogP contribution in [0.15, 0.2) is 6.20 Å². The predicted octanol–water partition coefficient (Wildman–Crippen LogP) is 2.43. The quantitative estimate of drug-likeness (QED) is 0.861. The second-order valence-corrected chi connectivity index (χ2v) is 3.23. The fraction of sp³-hybridized carbons (Fsp3) is 0.333. The highest BCUT2D eigenvalue weighted by Crippen LogP contribution is 2.34. The summed E-state index contributed by atoms with van der Waals surface area (Å²) >= 11 is 5.47. The molecule has 0 spiro atoms. The van der Waals surface area contributed by atoms with Crippen molar-refractivity contribution in [1.82, 2.24) is 4.98 Å². The first kappa shape index (κ1) is 14.4. The van der Waals surface area contributed by atoms with Gasteiger partial charge in [0.05, 0.1) is 24.9 Å². The number of nitrogens with zero attached hydrogens (tertiary/aromatic N) is 1. The van der Waals surface area contributed by atoms with Gasteiger partial charge in [-0.1, -0.05) is 0 Å². The van der Waals surface area contributed by atoms with E-state index >= 15 is 0 Å². The molecule has 0 unspecified atom stereocenters. The maximum atomic E-state index is 12.1. The van der Waals surface area contributed by atoms with Gasteiger partial charge in [-0.15, -0.1) is 24.8 Å². The van der Waals surface area contributed by atoms with Crippen molar-refractivity contribution < 1.29 is 32.5 Å². The van der Waals surface area contributed by atoms with Gasteiger partial charge in [-0.2, -0.15) is 0 Å². The lowest BCUT2D eigenvalue weighted by Gasteiger charge is -2.14. The maximum Gasteiger partial charge on any atom is 0.573 e. The summed E-state index contributed by atoms with van der Waals surface area (Å²) in [6.45, 7) is 0. The molecule has 0 saturated heterocycles. The minimum absolute atomic E-state index is 0.00564. The summed E-state index contributed by atoms with van der Waals surface area (Å²) in [5.74, 6) is -3.17. The third-order valence-electron chi connectivity index (χ3n) is 1.84. The molecule has 100 valence electrons. The molecule has 0 atom stereocenters. The summed E-state index contributed by atoms with van der Waals surface area (Å²) in [5, 5.41) is 8.90. The van der Waals surface area contributed by atoms with E-state index in [1.54, 1.807) is 0 Å². The maximum absolute atomic E-state index is 12.1. The number of hydrogen-bond donors (Lipinski definition) is 1. The zero-order valence-corrected chi connectivity index (χ0v) is 9.67. The normalized spacial score (nSPS) is 11.2. The molecule has 0 fully saturated rings. The van der Waals surface area contributed by atoms with Crippen molar-refractivity contribution >= 4 is 17.6 Å². The molecule has 0 aromatic carbocycles. The van der Waals surface area contributed by atoms with Crippen LogP contribution in [0.4, 0.5) is 13.2 Å². The number of rotatable bonds is 4. The average Bonchev–Trinajstić information content (AvgIpc) is 2.25. The Morgan fingerprint density at radius 3 is 2.56 bits per heavy atom. The van der Waals surface area contributed by atoms with Crippen molar-refractivity contribution in [3.8, 4) is 11.5 Å². The van der Waals surface area contributed by atoms with Gasteiger partial charge in [0.15, 0.2) is 11.5 Å². The monoisotopic (exact) mass is 285 g/mol. The summed E-state index contributed by atoms with van der Waals surface area (Å²) < 4.78 is 44.6. The Labute approximate surface area is 104 Å². The van der Waals surface area contributed by atoms with Crippen LogP contribution in [-0.4, -0.2) is 29.5 Å². The molecule has 0 aliphatic heterocycles. The van der Waals surface area contributed by atoms with Gasteiger partial charge in [0.1, 0.15) is 5.56 Å². The van der Waals surface area contributed by atoms with Gasteiger partial charge in [0, 0.05) is 0 Å². The van der Waals surface area contributed by atoms with Crippen LogP contribution >= 0.6 is 11.6 Å². The number of hydrogen-bond acceptors (Lipinski definition) is 4. The number of aromatic nitrogens is 1. The number of aromatic carboxylic acids is 1. The summed E-state index contributed by atoms with van der Waals surface area (Å²) in [6, 6.07) is 0. The number of alkyl halides is 4. The number of pyridine rings is 1. The highest BCUT2D eigenvalue weighted by molar-refractivity contribution is 6.17. The minimum Gasteiger partial charge on any atom is -0.494 e. The van der Waals surface area contributed by atoms with Crippen LogP contribution in [0, 0.1) is 0 Å². The third kappa shape index (κ3) is 3.16. The molecule has 0 amide bonds. The van der Waals surface area contributed by atoms with Gasteiger partial charge < -0.3 is 14.6 Å². The number of halogens is 4.